The number of methoxy groups -OCH3 is 1. The lowest BCUT2D eigenvalue weighted by molar-refractivity contribution is -0.147. The SMILES string of the molecule is CCN1CCOC(CN2CCCC(C(=O)OC)C2)C1. The van der Waals surface area contributed by atoms with E-state index in [1.807, 2.05) is 0 Å². The molecule has 0 aromatic rings. The highest BCUT2D eigenvalue weighted by atomic mass is 16.5. The third kappa shape index (κ3) is 4.16. The molecule has 0 spiro atoms. The van der Waals surface area contributed by atoms with Gasteiger partial charge >= 0.3 is 5.97 Å². The van der Waals surface area contributed by atoms with Crippen LogP contribution in [0.5, 0.6) is 0 Å². The number of carbonyl (C=O) groups is 1. The van der Waals surface area contributed by atoms with Gasteiger partial charge in [-0.15, -0.1) is 0 Å². The minimum Gasteiger partial charge on any atom is -0.469 e. The molecule has 0 radical (unpaired) electrons. The fourth-order valence-electron chi connectivity index (χ4n) is 3.05. The summed E-state index contributed by atoms with van der Waals surface area (Å²) in [5, 5.41) is 0. The van der Waals surface area contributed by atoms with Crippen molar-refractivity contribution in [2.75, 3.05) is 53.0 Å². The first-order valence-electron chi connectivity index (χ1n) is 7.37. The molecule has 2 fully saturated rings. The number of piperidine rings is 1. The third-order valence-corrected chi connectivity index (χ3v) is 4.17. The van der Waals surface area contributed by atoms with Gasteiger partial charge in [0.05, 0.1) is 25.7 Å². The summed E-state index contributed by atoms with van der Waals surface area (Å²) in [6, 6.07) is 0. The van der Waals surface area contributed by atoms with Crippen LogP contribution in [-0.4, -0.2) is 74.9 Å². The minimum atomic E-state index is -0.0653. The van der Waals surface area contributed by atoms with E-state index in [0.29, 0.717) is 0 Å². The van der Waals surface area contributed by atoms with Gasteiger partial charge in [-0.1, -0.05) is 6.92 Å². The van der Waals surface area contributed by atoms with E-state index in [1.54, 1.807) is 0 Å². The molecule has 5 heteroatoms. The van der Waals surface area contributed by atoms with Crippen molar-refractivity contribution in [3.8, 4) is 0 Å². The Morgan fingerprint density at radius 3 is 2.89 bits per heavy atom. The van der Waals surface area contributed by atoms with Crippen LogP contribution >= 0.6 is 0 Å². The Morgan fingerprint density at radius 1 is 1.32 bits per heavy atom. The van der Waals surface area contributed by atoms with Crippen LogP contribution in [0.4, 0.5) is 0 Å². The van der Waals surface area contributed by atoms with Gasteiger partial charge in [0.15, 0.2) is 0 Å². The number of nitrogens with zero attached hydrogens (tertiary/aromatic N) is 2. The molecule has 2 aliphatic rings. The van der Waals surface area contributed by atoms with E-state index in [2.05, 4.69) is 16.7 Å². The van der Waals surface area contributed by atoms with Crippen LogP contribution < -0.4 is 0 Å². The average Bonchev–Trinajstić information content (AvgIpc) is 2.47. The average molecular weight is 270 g/mol. The molecule has 19 heavy (non-hydrogen) atoms. The number of esters is 1. The van der Waals surface area contributed by atoms with Gasteiger partial charge in [-0.2, -0.15) is 0 Å². The summed E-state index contributed by atoms with van der Waals surface area (Å²) in [4.78, 5) is 16.4. The molecular weight excluding hydrogens is 244 g/mol. The Hall–Kier alpha value is -0.650. The topological polar surface area (TPSA) is 42.0 Å². The van der Waals surface area contributed by atoms with Gasteiger partial charge in [-0.05, 0) is 25.9 Å². The summed E-state index contributed by atoms with van der Waals surface area (Å²) in [7, 11) is 1.48. The molecule has 0 aromatic carbocycles. The van der Waals surface area contributed by atoms with Crippen LogP contribution in [0.3, 0.4) is 0 Å². The molecular formula is C14H26N2O3. The molecule has 0 N–H and O–H groups in total. The summed E-state index contributed by atoms with van der Waals surface area (Å²) < 4.78 is 10.7. The first-order valence-corrected chi connectivity index (χ1v) is 7.37. The first kappa shape index (κ1) is 14.8. The molecule has 5 nitrogen and oxygen atoms in total. The molecule has 0 saturated carbocycles. The predicted octanol–water partition coefficient (Wildman–Crippen LogP) is 0.592. The van der Waals surface area contributed by atoms with Gasteiger partial charge in [0.2, 0.25) is 0 Å². The second kappa shape index (κ2) is 7.22. The molecule has 2 rings (SSSR count). The van der Waals surface area contributed by atoms with E-state index in [1.165, 1.54) is 7.11 Å². The largest absolute Gasteiger partial charge is 0.469 e. The number of hydrogen-bond donors (Lipinski definition) is 0. The number of morpholine rings is 1. The fourth-order valence-corrected chi connectivity index (χ4v) is 3.05. The number of ether oxygens (including phenoxy) is 2. The molecule has 2 aliphatic heterocycles. The summed E-state index contributed by atoms with van der Waals surface area (Å²) in [6.45, 7) is 8.98. The highest BCUT2D eigenvalue weighted by Crippen LogP contribution is 2.19. The summed E-state index contributed by atoms with van der Waals surface area (Å²) in [6.07, 6.45) is 2.31. The van der Waals surface area contributed by atoms with E-state index < -0.39 is 0 Å². The normalized spacial score (nSPS) is 30.2. The standard InChI is InChI=1S/C14H26N2O3/c1-3-15-7-8-19-13(10-15)11-16-6-4-5-12(9-16)14(17)18-2/h12-13H,3-11H2,1-2H3. The number of likely N-dealkylation sites (N-methyl/N-ethyl adjacent to an activating group) is 1. The first-order chi connectivity index (χ1) is 9.22. The lowest BCUT2D eigenvalue weighted by Crippen LogP contribution is -2.49. The van der Waals surface area contributed by atoms with E-state index in [0.717, 1.165) is 58.7 Å². The van der Waals surface area contributed by atoms with Crippen molar-refractivity contribution in [2.45, 2.75) is 25.9 Å². The minimum absolute atomic E-state index is 0.0459. The Labute approximate surface area is 115 Å². The quantitative estimate of drug-likeness (QED) is 0.700. The molecule has 2 saturated heterocycles. The van der Waals surface area contributed by atoms with Crippen molar-refractivity contribution in [3.05, 3.63) is 0 Å². The summed E-state index contributed by atoms with van der Waals surface area (Å²) >= 11 is 0. The maximum atomic E-state index is 11.6. The third-order valence-electron chi connectivity index (χ3n) is 4.17. The van der Waals surface area contributed by atoms with E-state index in [9.17, 15) is 4.79 Å². The van der Waals surface area contributed by atoms with Crippen LogP contribution in [0, 0.1) is 5.92 Å². The van der Waals surface area contributed by atoms with E-state index in [-0.39, 0.29) is 18.0 Å². The smallest absolute Gasteiger partial charge is 0.309 e. The molecule has 110 valence electrons. The Balaban J connectivity index is 1.80. The lowest BCUT2D eigenvalue weighted by Gasteiger charge is -2.37. The van der Waals surface area contributed by atoms with Gasteiger partial charge in [0, 0.05) is 26.2 Å². The highest BCUT2D eigenvalue weighted by molar-refractivity contribution is 5.72. The van der Waals surface area contributed by atoms with E-state index >= 15 is 0 Å². The van der Waals surface area contributed by atoms with Crippen molar-refractivity contribution in [1.29, 1.82) is 0 Å². The summed E-state index contributed by atoms with van der Waals surface area (Å²) in [5.41, 5.74) is 0. The van der Waals surface area contributed by atoms with Gasteiger partial charge < -0.3 is 9.47 Å². The molecule has 2 unspecified atom stereocenters. The van der Waals surface area contributed by atoms with Crippen LogP contribution in [0.25, 0.3) is 0 Å². The van der Waals surface area contributed by atoms with Crippen LogP contribution in [-0.2, 0) is 14.3 Å². The van der Waals surface area contributed by atoms with Gasteiger partial charge in [-0.3, -0.25) is 14.6 Å². The molecule has 0 aliphatic carbocycles. The Kier molecular flexibility index (Phi) is 5.60. The van der Waals surface area contributed by atoms with Crippen LogP contribution in [0.2, 0.25) is 0 Å². The number of hydrogen-bond acceptors (Lipinski definition) is 5. The molecule has 0 bridgehead atoms. The van der Waals surface area contributed by atoms with Crippen LogP contribution in [0.1, 0.15) is 19.8 Å². The maximum absolute atomic E-state index is 11.6. The second-order valence-electron chi connectivity index (χ2n) is 5.51. The number of carbonyl (C=O) groups excluding carboxylic acids is 1. The van der Waals surface area contributed by atoms with E-state index in [4.69, 9.17) is 9.47 Å². The lowest BCUT2D eigenvalue weighted by atomic mass is 9.98. The molecule has 0 aromatic heterocycles. The van der Waals surface area contributed by atoms with Crippen molar-refractivity contribution >= 4 is 5.97 Å². The zero-order valence-corrected chi connectivity index (χ0v) is 12.1. The summed E-state index contributed by atoms with van der Waals surface area (Å²) in [5.74, 6) is -0.0194. The molecule has 2 atom stereocenters. The van der Waals surface area contributed by atoms with Gasteiger partial charge in [0.25, 0.3) is 0 Å². The van der Waals surface area contributed by atoms with Gasteiger partial charge in [-0.25, -0.2) is 0 Å². The molecule has 0 amide bonds. The monoisotopic (exact) mass is 270 g/mol. The zero-order chi connectivity index (χ0) is 13.7. The van der Waals surface area contributed by atoms with Crippen molar-refractivity contribution < 1.29 is 14.3 Å². The second-order valence-corrected chi connectivity index (χ2v) is 5.51. The molecule has 2 heterocycles. The Morgan fingerprint density at radius 2 is 2.16 bits per heavy atom. The van der Waals surface area contributed by atoms with Crippen molar-refractivity contribution in [1.82, 2.24) is 9.80 Å². The zero-order valence-electron chi connectivity index (χ0n) is 12.1. The fraction of sp³-hybridized carbons (Fsp3) is 0.929. The predicted molar refractivity (Wildman–Crippen MR) is 73.0 cm³/mol. The number of likely N-dealkylation sites (tertiary alicyclic amines) is 1. The van der Waals surface area contributed by atoms with Crippen LogP contribution in [0.15, 0.2) is 0 Å². The van der Waals surface area contributed by atoms with Gasteiger partial charge in [0.1, 0.15) is 0 Å². The highest BCUT2D eigenvalue weighted by Gasteiger charge is 2.29. The Bertz CT molecular complexity index is 298. The number of rotatable bonds is 4. The van der Waals surface area contributed by atoms with Crippen molar-refractivity contribution in [3.63, 3.8) is 0 Å². The van der Waals surface area contributed by atoms with Crippen molar-refractivity contribution in [2.24, 2.45) is 5.92 Å². The maximum Gasteiger partial charge on any atom is 0.309 e.